The molecule has 0 rings (SSSR count). The van der Waals surface area contributed by atoms with Gasteiger partial charge in [-0.25, -0.2) is 0 Å². The number of hydrogen-bond acceptors (Lipinski definition) is 5. The van der Waals surface area contributed by atoms with Gasteiger partial charge in [0, 0.05) is 12.8 Å². The minimum Gasteiger partial charge on any atom is -0.461 e. The molecule has 0 spiro atoms. The highest BCUT2D eigenvalue weighted by Crippen LogP contribution is 2.17. The van der Waals surface area contributed by atoms with Gasteiger partial charge in [-0.3, -0.25) is 9.59 Å². The van der Waals surface area contributed by atoms with Gasteiger partial charge in [-0.2, -0.15) is 0 Å². The van der Waals surface area contributed by atoms with Gasteiger partial charge in [-0.15, -0.1) is 0 Å². The quantitative estimate of drug-likeness (QED) is 0.0325. The van der Waals surface area contributed by atoms with E-state index in [-0.39, 0.29) is 24.9 Å². The molecule has 0 aromatic heterocycles. The van der Waals surface area contributed by atoms with Crippen LogP contribution in [0.2, 0.25) is 0 Å². The largest absolute Gasteiger partial charge is 0.461 e. The van der Waals surface area contributed by atoms with Gasteiger partial charge < -0.3 is 20.3 Å². The summed E-state index contributed by atoms with van der Waals surface area (Å²) in [5.74, 6) is -0.605. The molecule has 3 N–H and O–H groups in total. The van der Waals surface area contributed by atoms with E-state index in [0.717, 1.165) is 44.9 Å². The van der Waals surface area contributed by atoms with E-state index in [1.807, 2.05) is 54.7 Å². The summed E-state index contributed by atoms with van der Waals surface area (Å²) in [6, 6.07) is -0.738. The SMILES string of the molecule is CC/C=C/C=C/C=C\C=C/C=C/CC(CC(=O)NC(CO)C(O)CCCCCCCCCCCCCCCCC)OC(=O)CCCCCCCCCCCCCC. The van der Waals surface area contributed by atoms with Gasteiger partial charge in [0.05, 0.1) is 25.2 Å². The van der Waals surface area contributed by atoms with E-state index in [4.69, 9.17) is 4.74 Å². The number of carbonyl (C=O) groups excluding carboxylic acids is 2. The number of ether oxygens (including phenoxy) is 1. The average molecular weight is 798 g/mol. The van der Waals surface area contributed by atoms with Crippen LogP contribution in [0.25, 0.3) is 0 Å². The Morgan fingerprint density at radius 2 is 0.912 bits per heavy atom. The number of hydrogen-bond donors (Lipinski definition) is 3. The van der Waals surface area contributed by atoms with Gasteiger partial charge in [0.15, 0.2) is 0 Å². The fourth-order valence-electron chi connectivity index (χ4n) is 7.10. The first-order chi connectivity index (χ1) is 28.0. The van der Waals surface area contributed by atoms with Crippen LogP contribution in [0.5, 0.6) is 0 Å². The molecule has 0 aromatic carbocycles. The maximum Gasteiger partial charge on any atom is 0.306 e. The third kappa shape index (κ3) is 40.1. The second-order valence-corrected chi connectivity index (χ2v) is 16.3. The van der Waals surface area contributed by atoms with E-state index >= 15 is 0 Å². The lowest BCUT2D eigenvalue weighted by molar-refractivity contribution is -0.150. The van der Waals surface area contributed by atoms with E-state index in [0.29, 0.717) is 19.3 Å². The molecule has 57 heavy (non-hydrogen) atoms. The molecule has 0 aromatic rings. The number of esters is 1. The van der Waals surface area contributed by atoms with Crippen LogP contribution in [0.4, 0.5) is 0 Å². The van der Waals surface area contributed by atoms with E-state index < -0.39 is 18.2 Å². The molecule has 1 amide bonds. The Bertz CT molecular complexity index is 1030. The Kier molecular flexibility index (Phi) is 42.7. The van der Waals surface area contributed by atoms with Crippen LogP contribution >= 0.6 is 0 Å². The maximum absolute atomic E-state index is 13.1. The molecular weight excluding hydrogens is 707 g/mol. The number of carbonyl (C=O) groups is 2. The van der Waals surface area contributed by atoms with Crippen molar-refractivity contribution in [3.05, 3.63) is 60.8 Å². The van der Waals surface area contributed by atoms with Crippen molar-refractivity contribution in [2.45, 2.75) is 244 Å². The Hall–Kier alpha value is -2.44. The van der Waals surface area contributed by atoms with Crippen LogP contribution in [-0.4, -0.2) is 46.9 Å². The molecule has 0 fully saturated rings. The zero-order valence-corrected chi connectivity index (χ0v) is 37.5. The highest BCUT2D eigenvalue weighted by molar-refractivity contribution is 5.77. The van der Waals surface area contributed by atoms with Crippen molar-refractivity contribution >= 4 is 11.9 Å². The monoisotopic (exact) mass is 798 g/mol. The zero-order valence-electron chi connectivity index (χ0n) is 37.5. The van der Waals surface area contributed by atoms with Crippen molar-refractivity contribution in [3.8, 4) is 0 Å². The van der Waals surface area contributed by atoms with Crippen LogP contribution in [0.15, 0.2) is 60.8 Å². The first-order valence-corrected chi connectivity index (χ1v) is 24.1. The van der Waals surface area contributed by atoms with Gasteiger partial charge in [0.25, 0.3) is 0 Å². The van der Waals surface area contributed by atoms with Gasteiger partial charge >= 0.3 is 5.97 Å². The summed E-state index contributed by atoms with van der Waals surface area (Å²) in [7, 11) is 0. The van der Waals surface area contributed by atoms with Crippen molar-refractivity contribution in [1.29, 1.82) is 0 Å². The third-order valence-corrected chi connectivity index (χ3v) is 10.7. The molecule has 0 aliphatic rings. The van der Waals surface area contributed by atoms with Crippen LogP contribution in [0.3, 0.4) is 0 Å². The van der Waals surface area contributed by atoms with Gasteiger partial charge in [-0.05, 0) is 19.3 Å². The second kappa shape index (κ2) is 44.7. The minimum atomic E-state index is -0.816. The molecule has 0 saturated heterocycles. The first-order valence-electron chi connectivity index (χ1n) is 24.1. The lowest BCUT2D eigenvalue weighted by Crippen LogP contribution is -2.46. The van der Waals surface area contributed by atoms with Gasteiger partial charge in [0.1, 0.15) is 6.10 Å². The minimum absolute atomic E-state index is 0.0175. The molecule has 3 unspecified atom stereocenters. The molecule has 0 bridgehead atoms. The predicted octanol–water partition coefficient (Wildman–Crippen LogP) is 14.1. The summed E-state index contributed by atoms with van der Waals surface area (Å²) >= 11 is 0. The molecule has 3 atom stereocenters. The highest BCUT2D eigenvalue weighted by Gasteiger charge is 2.23. The molecular formula is C51H91NO5. The summed E-state index contributed by atoms with van der Waals surface area (Å²) in [6.45, 7) is 6.29. The fraction of sp³-hybridized carbons (Fsp3) is 0.765. The first kappa shape index (κ1) is 54.6. The molecule has 0 saturated carbocycles. The van der Waals surface area contributed by atoms with Crippen molar-refractivity contribution in [3.63, 3.8) is 0 Å². The van der Waals surface area contributed by atoms with Crippen molar-refractivity contribution in [2.24, 2.45) is 0 Å². The van der Waals surface area contributed by atoms with Gasteiger partial charge in [0.2, 0.25) is 5.91 Å². The predicted molar refractivity (Wildman–Crippen MR) is 245 cm³/mol. The van der Waals surface area contributed by atoms with E-state index in [1.54, 1.807) is 0 Å². The third-order valence-electron chi connectivity index (χ3n) is 10.7. The maximum atomic E-state index is 13.1. The van der Waals surface area contributed by atoms with E-state index in [1.165, 1.54) is 135 Å². The summed E-state index contributed by atoms with van der Waals surface area (Å²) in [5, 5.41) is 23.6. The second-order valence-electron chi connectivity index (χ2n) is 16.3. The normalized spacial score (nSPS) is 13.8. The molecule has 0 heterocycles. The molecule has 0 aliphatic carbocycles. The molecule has 0 aliphatic heterocycles. The average Bonchev–Trinajstić information content (AvgIpc) is 3.20. The topological polar surface area (TPSA) is 95.9 Å². The summed E-state index contributed by atoms with van der Waals surface area (Å²) in [6.07, 6.45) is 54.5. The molecule has 6 nitrogen and oxygen atoms in total. The summed E-state index contributed by atoms with van der Waals surface area (Å²) < 4.78 is 5.82. The summed E-state index contributed by atoms with van der Waals surface area (Å²) in [5.41, 5.74) is 0. The Morgan fingerprint density at radius 3 is 1.33 bits per heavy atom. The number of nitrogens with one attached hydrogen (secondary N) is 1. The van der Waals surface area contributed by atoms with Crippen molar-refractivity contribution < 1.29 is 24.5 Å². The Labute approximate surface area is 352 Å². The fourth-order valence-corrected chi connectivity index (χ4v) is 7.10. The van der Waals surface area contributed by atoms with Crippen LogP contribution < -0.4 is 5.32 Å². The molecule has 0 radical (unpaired) electrons. The number of aliphatic hydroxyl groups is 2. The standard InChI is InChI=1S/C51H91NO5/c1-4-7-10-13-16-19-22-24-25-26-28-31-34-37-40-43-49(54)48(46-53)52-50(55)45-47(42-39-36-33-30-27-21-18-15-12-9-6-3)57-51(56)44-41-38-35-32-29-23-20-17-14-11-8-5-2/h9,12,15,18,21,27,30,33,36,39,47-49,53-54H,4-8,10-11,13-14,16-17,19-20,22-26,28-29,31-32,34-35,37-38,40-46H2,1-3H3,(H,52,55)/b12-9+,18-15+,27-21-,33-30-,39-36+. The van der Waals surface area contributed by atoms with E-state index in [2.05, 4.69) is 32.2 Å². The lowest BCUT2D eigenvalue weighted by Gasteiger charge is -2.24. The Balaban J connectivity index is 4.64. The molecule has 6 heteroatoms. The number of unbranched alkanes of at least 4 members (excludes halogenated alkanes) is 25. The van der Waals surface area contributed by atoms with Crippen molar-refractivity contribution in [2.75, 3.05) is 6.61 Å². The zero-order chi connectivity index (χ0) is 41.7. The Morgan fingerprint density at radius 1 is 0.526 bits per heavy atom. The number of amides is 1. The van der Waals surface area contributed by atoms with E-state index in [9.17, 15) is 19.8 Å². The van der Waals surface area contributed by atoms with Crippen LogP contribution in [0.1, 0.15) is 226 Å². The van der Waals surface area contributed by atoms with Gasteiger partial charge in [-0.1, -0.05) is 248 Å². The number of rotatable bonds is 42. The summed E-state index contributed by atoms with van der Waals surface area (Å²) in [4.78, 5) is 25.9. The highest BCUT2D eigenvalue weighted by atomic mass is 16.5. The lowest BCUT2D eigenvalue weighted by atomic mass is 10.0. The number of allylic oxidation sites excluding steroid dienone is 9. The van der Waals surface area contributed by atoms with Crippen LogP contribution in [0, 0.1) is 0 Å². The smallest absolute Gasteiger partial charge is 0.306 e. The van der Waals surface area contributed by atoms with Crippen LogP contribution in [-0.2, 0) is 14.3 Å². The van der Waals surface area contributed by atoms with Crippen molar-refractivity contribution in [1.82, 2.24) is 5.32 Å². The number of aliphatic hydroxyl groups excluding tert-OH is 2. The molecule has 330 valence electrons.